The van der Waals surface area contributed by atoms with Crippen LogP contribution < -0.4 is 4.72 Å². The molecule has 118 valence electrons. The molecule has 0 spiro atoms. The molecule has 0 heterocycles. The van der Waals surface area contributed by atoms with E-state index in [0.717, 1.165) is 25.7 Å². The number of aliphatic carboxylic acids is 1. The first kappa shape index (κ1) is 17.4. The quantitative estimate of drug-likeness (QED) is 0.789. The van der Waals surface area contributed by atoms with Crippen molar-refractivity contribution in [3.8, 4) is 0 Å². The van der Waals surface area contributed by atoms with Crippen LogP contribution in [0.25, 0.3) is 0 Å². The molecule has 0 aromatic heterocycles. The van der Waals surface area contributed by atoms with Crippen LogP contribution in [0.5, 0.6) is 0 Å². The lowest BCUT2D eigenvalue weighted by Crippen LogP contribution is -2.47. The van der Waals surface area contributed by atoms with Gasteiger partial charge in [-0.15, -0.1) is 0 Å². The Bertz CT molecular complexity index is 425. The summed E-state index contributed by atoms with van der Waals surface area (Å²) in [4.78, 5) is 10.4. The fourth-order valence-electron chi connectivity index (χ4n) is 3.01. The van der Waals surface area contributed by atoms with E-state index in [1.54, 1.807) is 0 Å². The summed E-state index contributed by atoms with van der Waals surface area (Å²) < 4.78 is 26.9. The fourth-order valence-corrected chi connectivity index (χ4v) is 4.40. The molecule has 1 aliphatic carbocycles. The molecule has 0 aromatic carbocycles. The molecule has 1 aliphatic rings. The van der Waals surface area contributed by atoms with Crippen LogP contribution in [0.1, 0.15) is 59.3 Å². The van der Waals surface area contributed by atoms with Gasteiger partial charge >= 0.3 is 5.97 Å². The van der Waals surface area contributed by atoms with Crippen molar-refractivity contribution in [1.29, 1.82) is 0 Å². The second-order valence-corrected chi connectivity index (χ2v) is 8.67. The van der Waals surface area contributed by atoms with Crippen molar-refractivity contribution in [2.24, 2.45) is 11.3 Å². The standard InChI is InChI=1S/C14H27NO4S/c1-14(2,3)11-7-4-5-8-12(11)15-20(18,19)10-6-9-13(16)17/h11-12,15H,4-10H2,1-3H3,(H,16,17). The molecule has 20 heavy (non-hydrogen) atoms. The number of nitrogens with one attached hydrogen (secondary N) is 1. The summed E-state index contributed by atoms with van der Waals surface area (Å²) in [7, 11) is -3.38. The van der Waals surface area contributed by atoms with Crippen molar-refractivity contribution in [2.45, 2.75) is 65.3 Å². The molecule has 2 atom stereocenters. The van der Waals surface area contributed by atoms with Crippen LogP contribution in [0.2, 0.25) is 0 Å². The largest absolute Gasteiger partial charge is 0.481 e. The lowest BCUT2D eigenvalue weighted by atomic mass is 9.70. The third kappa shape index (κ3) is 5.79. The summed E-state index contributed by atoms with van der Waals surface area (Å²) in [6.45, 7) is 6.44. The van der Waals surface area contributed by atoms with E-state index in [1.165, 1.54) is 0 Å². The minimum atomic E-state index is -3.38. The van der Waals surface area contributed by atoms with E-state index in [0.29, 0.717) is 5.92 Å². The Balaban J connectivity index is 2.61. The van der Waals surface area contributed by atoms with Crippen LogP contribution >= 0.6 is 0 Å². The summed E-state index contributed by atoms with van der Waals surface area (Å²) in [6, 6.07) is -0.0152. The molecule has 6 heteroatoms. The van der Waals surface area contributed by atoms with Gasteiger partial charge < -0.3 is 5.11 Å². The maximum atomic E-state index is 12.0. The van der Waals surface area contributed by atoms with Gasteiger partial charge in [0.2, 0.25) is 10.0 Å². The highest BCUT2D eigenvalue weighted by Gasteiger charge is 2.35. The maximum Gasteiger partial charge on any atom is 0.303 e. The van der Waals surface area contributed by atoms with Gasteiger partial charge in [0.15, 0.2) is 0 Å². The number of hydrogen-bond acceptors (Lipinski definition) is 3. The number of sulfonamides is 1. The predicted octanol–water partition coefficient (Wildman–Crippen LogP) is 2.38. The third-order valence-corrected chi connectivity index (χ3v) is 5.50. The zero-order valence-electron chi connectivity index (χ0n) is 12.7. The summed E-state index contributed by atoms with van der Waals surface area (Å²) >= 11 is 0. The van der Waals surface area contributed by atoms with Crippen LogP contribution in [0, 0.1) is 11.3 Å². The van der Waals surface area contributed by atoms with Crippen LogP contribution in [0.15, 0.2) is 0 Å². The van der Waals surface area contributed by atoms with E-state index in [4.69, 9.17) is 5.11 Å². The summed E-state index contributed by atoms with van der Waals surface area (Å²) in [5, 5.41) is 8.57. The Labute approximate surface area is 122 Å². The molecule has 1 rings (SSSR count). The Morgan fingerprint density at radius 3 is 2.40 bits per heavy atom. The zero-order chi connectivity index (χ0) is 15.4. The van der Waals surface area contributed by atoms with Gasteiger partial charge in [0.25, 0.3) is 0 Å². The number of carboxylic acid groups (broad SMARTS) is 1. The topological polar surface area (TPSA) is 83.5 Å². The van der Waals surface area contributed by atoms with E-state index in [2.05, 4.69) is 25.5 Å². The van der Waals surface area contributed by atoms with Crippen molar-refractivity contribution in [3.05, 3.63) is 0 Å². The first-order chi connectivity index (χ1) is 9.12. The molecule has 0 radical (unpaired) electrons. The molecule has 0 bridgehead atoms. The smallest absolute Gasteiger partial charge is 0.303 e. The van der Waals surface area contributed by atoms with Crippen LogP contribution in [-0.4, -0.2) is 31.3 Å². The second kappa shape index (κ2) is 6.89. The van der Waals surface area contributed by atoms with Gasteiger partial charge in [-0.2, -0.15) is 0 Å². The van der Waals surface area contributed by atoms with E-state index >= 15 is 0 Å². The van der Waals surface area contributed by atoms with Gasteiger partial charge in [-0.1, -0.05) is 33.6 Å². The monoisotopic (exact) mass is 305 g/mol. The van der Waals surface area contributed by atoms with Gasteiger partial charge in [0.1, 0.15) is 0 Å². The highest BCUT2D eigenvalue weighted by atomic mass is 32.2. The molecule has 2 unspecified atom stereocenters. The molecule has 0 aromatic rings. The number of hydrogen-bond donors (Lipinski definition) is 2. The zero-order valence-corrected chi connectivity index (χ0v) is 13.5. The van der Waals surface area contributed by atoms with Crippen molar-refractivity contribution in [2.75, 3.05) is 5.75 Å². The molecule has 1 saturated carbocycles. The van der Waals surface area contributed by atoms with Gasteiger partial charge in [0, 0.05) is 12.5 Å². The van der Waals surface area contributed by atoms with Gasteiger partial charge in [-0.25, -0.2) is 13.1 Å². The first-order valence-electron chi connectivity index (χ1n) is 7.33. The summed E-state index contributed by atoms with van der Waals surface area (Å²) in [6.07, 6.45) is 4.19. The molecule has 5 nitrogen and oxygen atoms in total. The van der Waals surface area contributed by atoms with Crippen molar-refractivity contribution >= 4 is 16.0 Å². The molecular formula is C14H27NO4S. The summed E-state index contributed by atoms with van der Waals surface area (Å²) in [5.74, 6) is -0.719. The van der Waals surface area contributed by atoms with Crippen LogP contribution in [0.3, 0.4) is 0 Å². The van der Waals surface area contributed by atoms with E-state index in [9.17, 15) is 13.2 Å². The average molecular weight is 305 g/mol. The van der Waals surface area contributed by atoms with E-state index in [-0.39, 0.29) is 30.1 Å². The number of carboxylic acids is 1. The Morgan fingerprint density at radius 1 is 1.25 bits per heavy atom. The highest BCUT2D eigenvalue weighted by molar-refractivity contribution is 7.89. The van der Waals surface area contributed by atoms with E-state index in [1.807, 2.05) is 0 Å². The van der Waals surface area contributed by atoms with E-state index < -0.39 is 16.0 Å². The highest BCUT2D eigenvalue weighted by Crippen LogP contribution is 2.38. The SMILES string of the molecule is CC(C)(C)C1CCCCC1NS(=O)(=O)CCCC(=O)O. The Morgan fingerprint density at radius 2 is 1.85 bits per heavy atom. The molecule has 2 N–H and O–H groups in total. The first-order valence-corrected chi connectivity index (χ1v) is 8.99. The third-order valence-electron chi connectivity index (χ3n) is 4.01. The van der Waals surface area contributed by atoms with Crippen LogP contribution in [0.4, 0.5) is 0 Å². The number of carbonyl (C=O) groups is 1. The van der Waals surface area contributed by atoms with Gasteiger partial charge in [-0.3, -0.25) is 4.79 Å². The molecule has 0 aliphatic heterocycles. The van der Waals surface area contributed by atoms with Gasteiger partial charge in [0.05, 0.1) is 5.75 Å². The number of rotatable bonds is 6. The predicted molar refractivity (Wildman–Crippen MR) is 79.0 cm³/mol. The normalized spacial score (nSPS) is 24.6. The van der Waals surface area contributed by atoms with Crippen molar-refractivity contribution in [1.82, 2.24) is 4.72 Å². The van der Waals surface area contributed by atoms with Gasteiger partial charge in [-0.05, 0) is 30.6 Å². The lowest BCUT2D eigenvalue weighted by molar-refractivity contribution is -0.137. The fraction of sp³-hybridized carbons (Fsp3) is 0.929. The average Bonchev–Trinajstić information content (AvgIpc) is 2.26. The molecular weight excluding hydrogens is 278 g/mol. The summed E-state index contributed by atoms with van der Waals surface area (Å²) in [5.41, 5.74) is 0.0780. The molecule has 0 amide bonds. The molecule has 1 fully saturated rings. The minimum absolute atomic E-state index is 0.0152. The van der Waals surface area contributed by atoms with Crippen molar-refractivity contribution < 1.29 is 18.3 Å². The lowest BCUT2D eigenvalue weighted by Gasteiger charge is -2.40. The minimum Gasteiger partial charge on any atom is -0.481 e. The Hall–Kier alpha value is -0.620. The van der Waals surface area contributed by atoms with Crippen LogP contribution in [-0.2, 0) is 14.8 Å². The maximum absolute atomic E-state index is 12.0. The second-order valence-electron chi connectivity index (χ2n) is 6.80. The molecule has 0 saturated heterocycles. The van der Waals surface area contributed by atoms with Crippen molar-refractivity contribution in [3.63, 3.8) is 0 Å². The Kier molecular flexibility index (Phi) is 6.01.